The van der Waals surface area contributed by atoms with Crippen molar-refractivity contribution in [2.24, 2.45) is 0 Å². The Labute approximate surface area is 97.0 Å². The number of aromatic nitrogens is 1. The monoisotopic (exact) mass is 240 g/mol. The molecule has 0 radical (unpaired) electrons. The predicted molar refractivity (Wildman–Crippen MR) is 58.0 cm³/mol. The maximum atomic E-state index is 11.3. The number of ether oxygens (including phenoxy) is 1. The van der Waals surface area contributed by atoms with Gasteiger partial charge in [-0.1, -0.05) is 0 Å². The van der Waals surface area contributed by atoms with Gasteiger partial charge in [-0.25, -0.2) is 4.98 Å². The lowest BCUT2D eigenvalue weighted by Crippen LogP contribution is -2.09. The molecular formula is C10H12N2O3S. The highest BCUT2D eigenvalue weighted by molar-refractivity contribution is 7.11. The van der Waals surface area contributed by atoms with E-state index in [2.05, 4.69) is 9.72 Å². The highest BCUT2D eigenvalue weighted by Gasteiger charge is 2.36. The lowest BCUT2D eigenvalue weighted by molar-refractivity contribution is -0.152. The third-order valence-corrected chi connectivity index (χ3v) is 3.31. The number of carbonyl (C=O) groups is 2. The average molecular weight is 240 g/mol. The lowest BCUT2D eigenvalue weighted by atomic mass is 10.1. The van der Waals surface area contributed by atoms with Crippen LogP contribution in [-0.4, -0.2) is 35.9 Å². The van der Waals surface area contributed by atoms with Crippen LogP contribution in [0.25, 0.3) is 0 Å². The molecule has 16 heavy (non-hydrogen) atoms. The largest absolute Gasteiger partial charge is 0.393 e. The Bertz CT molecular complexity index is 427. The van der Waals surface area contributed by atoms with Gasteiger partial charge in [-0.2, -0.15) is 0 Å². The van der Waals surface area contributed by atoms with Gasteiger partial charge in [0.15, 0.2) is 0 Å². The highest BCUT2D eigenvalue weighted by atomic mass is 32.1. The van der Waals surface area contributed by atoms with Gasteiger partial charge < -0.3 is 9.64 Å². The summed E-state index contributed by atoms with van der Waals surface area (Å²) >= 11 is 1.46. The van der Waals surface area contributed by atoms with E-state index in [4.69, 9.17) is 0 Å². The first-order chi connectivity index (χ1) is 7.56. The summed E-state index contributed by atoms with van der Waals surface area (Å²) in [7, 11) is 3.93. The van der Waals surface area contributed by atoms with E-state index in [-0.39, 0.29) is 6.42 Å². The molecule has 0 bridgehead atoms. The van der Waals surface area contributed by atoms with Gasteiger partial charge in [-0.3, -0.25) is 9.59 Å². The first kappa shape index (κ1) is 11.2. The van der Waals surface area contributed by atoms with Crippen LogP contribution in [0.3, 0.4) is 0 Å². The van der Waals surface area contributed by atoms with Crippen molar-refractivity contribution in [3.63, 3.8) is 0 Å². The summed E-state index contributed by atoms with van der Waals surface area (Å²) in [5.74, 6) is -1.43. The topological polar surface area (TPSA) is 59.5 Å². The van der Waals surface area contributed by atoms with Crippen molar-refractivity contribution < 1.29 is 14.3 Å². The second kappa shape index (κ2) is 4.31. The van der Waals surface area contributed by atoms with Crippen molar-refractivity contribution in [1.29, 1.82) is 0 Å². The number of cyclic esters (lactones) is 2. The van der Waals surface area contributed by atoms with Gasteiger partial charge in [0.25, 0.3) is 0 Å². The van der Waals surface area contributed by atoms with Crippen molar-refractivity contribution in [2.45, 2.75) is 18.9 Å². The SMILES string of the molecule is CN(C)Cc1cnc(C2CC(=O)OC2=O)s1. The molecule has 0 amide bonds. The van der Waals surface area contributed by atoms with Crippen LogP contribution in [0, 0.1) is 0 Å². The number of thiazole rings is 1. The molecule has 0 aromatic carbocycles. The average Bonchev–Trinajstić information content (AvgIpc) is 2.72. The van der Waals surface area contributed by atoms with E-state index in [1.807, 2.05) is 19.0 Å². The fourth-order valence-electron chi connectivity index (χ4n) is 1.53. The van der Waals surface area contributed by atoms with Crippen LogP contribution in [0.5, 0.6) is 0 Å². The third kappa shape index (κ3) is 2.28. The predicted octanol–water partition coefficient (Wildman–Crippen LogP) is 0.762. The zero-order valence-corrected chi connectivity index (χ0v) is 9.91. The minimum absolute atomic E-state index is 0.119. The summed E-state index contributed by atoms with van der Waals surface area (Å²) < 4.78 is 4.50. The number of nitrogens with zero attached hydrogens (tertiary/aromatic N) is 2. The summed E-state index contributed by atoms with van der Waals surface area (Å²) in [6.45, 7) is 0.785. The zero-order chi connectivity index (χ0) is 11.7. The van der Waals surface area contributed by atoms with Crippen LogP contribution in [0.4, 0.5) is 0 Å². The second-order valence-electron chi connectivity index (χ2n) is 3.95. The Hall–Kier alpha value is -1.27. The van der Waals surface area contributed by atoms with Crippen molar-refractivity contribution in [3.8, 4) is 0 Å². The van der Waals surface area contributed by atoms with Crippen molar-refractivity contribution in [2.75, 3.05) is 14.1 Å². The van der Waals surface area contributed by atoms with E-state index < -0.39 is 17.9 Å². The molecule has 1 aliphatic rings. The number of hydrogen-bond donors (Lipinski definition) is 0. The van der Waals surface area contributed by atoms with E-state index in [1.165, 1.54) is 11.3 Å². The van der Waals surface area contributed by atoms with E-state index in [9.17, 15) is 9.59 Å². The molecule has 1 aliphatic heterocycles. The van der Waals surface area contributed by atoms with Crippen LogP contribution < -0.4 is 0 Å². The molecule has 1 saturated heterocycles. The van der Waals surface area contributed by atoms with Gasteiger partial charge in [0.05, 0.1) is 6.42 Å². The molecule has 0 aliphatic carbocycles. The number of esters is 2. The molecule has 0 N–H and O–H groups in total. The molecule has 6 heteroatoms. The molecule has 86 valence electrons. The minimum atomic E-state index is -0.492. The van der Waals surface area contributed by atoms with E-state index in [0.717, 1.165) is 11.4 Å². The van der Waals surface area contributed by atoms with Crippen LogP contribution in [0.15, 0.2) is 6.20 Å². The van der Waals surface area contributed by atoms with E-state index in [0.29, 0.717) is 5.01 Å². The summed E-state index contributed by atoms with van der Waals surface area (Å²) in [4.78, 5) is 29.6. The first-order valence-corrected chi connectivity index (χ1v) is 5.72. The summed E-state index contributed by atoms with van der Waals surface area (Å²) in [6.07, 6.45) is 1.86. The van der Waals surface area contributed by atoms with Crippen LogP contribution in [-0.2, 0) is 20.9 Å². The van der Waals surface area contributed by atoms with Crippen molar-refractivity contribution >= 4 is 23.3 Å². The van der Waals surface area contributed by atoms with Gasteiger partial charge in [-0.05, 0) is 14.1 Å². The van der Waals surface area contributed by atoms with Crippen molar-refractivity contribution in [1.82, 2.24) is 9.88 Å². The molecule has 1 atom stereocenters. The Morgan fingerprint density at radius 2 is 2.31 bits per heavy atom. The van der Waals surface area contributed by atoms with Crippen molar-refractivity contribution in [3.05, 3.63) is 16.1 Å². The van der Waals surface area contributed by atoms with Gasteiger partial charge in [-0.15, -0.1) is 11.3 Å². The molecule has 1 unspecified atom stereocenters. The van der Waals surface area contributed by atoms with Gasteiger partial charge in [0.2, 0.25) is 0 Å². The Morgan fingerprint density at radius 1 is 1.56 bits per heavy atom. The summed E-state index contributed by atoms with van der Waals surface area (Å²) in [6, 6.07) is 0. The second-order valence-corrected chi connectivity index (χ2v) is 5.10. The fraction of sp³-hybridized carbons (Fsp3) is 0.500. The minimum Gasteiger partial charge on any atom is -0.393 e. The molecule has 1 aromatic heterocycles. The van der Waals surface area contributed by atoms with Gasteiger partial charge in [0, 0.05) is 17.6 Å². The number of carbonyl (C=O) groups excluding carboxylic acids is 2. The first-order valence-electron chi connectivity index (χ1n) is 4.90. The Kier molecular flexibility index (Phi) is 3.02. The number of rotatable bonds is 3. The van der Waals surface area contributed by atoms with E-state index in [1.54, 1.807) is 6.20 Å². The van der Waals surface area contributed by atoms with E-state index >= 15 is 0 Å². The lowest BCUT2D eigenvalue weighted by Gasteiger charge is -2.05. The quantitative estimate of drug-likeness (QED) is 0.576. The van der Waals surface area contributed by atoms with Gasteiger partial charge in [0.1, 0.15) is 10.9 Å². The molecule has 0 saturated carbocycles. The van der Waals surface area contributed by atoms with Crippen LogP contribution >= 0.6 is 11.3 Å². The van der Waals surface area contributed by atoms with Crippen LogP contribution in [0.1, 0.15) is 22.2 Å². The molecule has 1 aromatic rings. The molecule has 1 fully saturated rings. The maximum absolute atomic E-state index is 11.3. The molecule has 5 nitrogen and oxygen atoms in total. The van der Waals surface area contributed by atoms with Gasteiger partial charge >= 0.3 is 11.9 Å². The van der Waals surface area contributed by atoms with Crippen LogP contribution in [0.2, 0.25) is 0 Å². The highest BCUT2D eigenvalue weighted by Crippen LogP contribution is 2.30. The smallest absolute Gasteiger partial charge is 0.324 e. The third-order valence-electron chi connectivity index (χ3n) is 2.21. The maximum Gasteiger partial charge on any atom is 0.324 e. The standard InChI is InChI=1S/C10H12N2O3S/c1-12(2)5-6-4-11-9(16-6)7-3-8(13)15-10(7)14/h4,7H,3,5H2,1-2H3. The number of hydrogen-bond acceptors (Lipinski definition) is 6. The fourth-order valence-corrected chi connectivity index (χ4v) is 2.66. The molecule has 2 rings (SSSR count). The molecule has 2 heterocycles. The Morgan fingerprint density at radius 3 is 2.88 bits per heavy atom. The Balaban J connectivity index is 2.13. The zero-order valence-electron chi connectivity index (χ0n) is 9.10. The molecule has 0 spiro atoms. The summed E-state index contributed by atoms with van der Waals surface area (Å²) in [5.41, 5.74) is 0. The normalized spacial score (nSPS) is 20.6. The molecular weight excluding hydrogens is 228 g/mol. The summed E-state index contributed by atoms with van der Waals surface area (Å²) in [5, 5.41) is 0.674.